The summed E-state index contributed by atoms with van der Waals surface area (Å²) in [6.45, 7) is 0.900. The number of aliphatic hydroxyl groups is 1. The van der Waals surface area contributed by atoms with E-state index in [0.29, 0.717) is 18.8 Å². The minimum absolute atomic E-state index is 0.209. The van der Waals surface area contributed by atoms with E-state index in [9.17, 15) is 9.90 Å². The highest BCUT2D eigenvalue weighted by Gasteiger charge is 2.33. The van der Waals surface area contributed by atoms with Gasteiger partial charge in [0.15, 0.2) is 0 Å². The molecule has 1 aromatic rings. The average molecular weight is 239 g/mol. The molecule has 0 radical (unpaired) electrons. The van der Waals surface area contributed by atoms with Gasteiger partial charge in [-0.2, -0.15) is 5.10 Å². The molecule has 1 fully saturated rings. The van der Waals surface area contributed by atoms with Crippen LogP contribution >= 0.6 is 0 Å². The summed E-state index contributed by atoms with van der Waals surface area (Å²) in [4.78, 5) is 10.9. The molecule has 2 rings (SSSR count). The van der Waals surface area contributed by atoms with Gasteiger partial charge in [0.1, 0.15) is 5.56 Å². The number of hydrogen-bond donors (Lipinski definition) is 3. The van der Waals surface area contributed by atoms with Crippen molar-refractivity contribution in [1.82, 2.24) is 15.1 Å². The molecule has 0 aromatic carbocycles. The van der Waals surface area contributed by atoms with Crippen molar-refractivity contribution in [3.05, 3.63) is 17.5 Å². The predicted molar refractivity (Wildman–Crippen MR) is 60.7 cm³/mol. The molecule has 0 aliphatic heterocycles. The van der Waals surface area contributed by atoms with Crippen LogP contribution in [0.25, 0.3) is 0 Å². The summed E-state index contributed by atoms with van der Waals surface area (Å²) in [5, 5.41) is 25.9. The average Bonchev–Trinajstić information content (AvgIpc) is 2.58. The molecule has 1 saturated carbocycles. The zero-order valence-corrected chi connectivity index (χ0v) is 9.81. The number of carbonyl (C=O) groups is 1. The second kappa shape index (κ2) is 4.46. The molecule has 1 aromatic heterocycles. The molecule has 6 nitrogen and oxygen atoms in total. The van der Waals surface area contributed by atoms with Crippen LogP contribution in [0.2, 0.25) is 0 Å². The molecule has 3 N–H and O–H groups in total. The van der Waals surface area contributed by atoms with E-state index in [2.05, 4.69) is 10.4 Å². The van der Waals surface area contributed by atoms with Crippen molar-refractivity contribution < 1.29 is 15.0 Å². The van der Waals surface area contributed by atoms with Crippen molar-refractivity contribution in [3.8, 4) is 0 Å². The maximum atomic E-state index is 10.9. The number of rotatable bonds is 5. The van der Waals surface area contributed by atoms with E-state index in [4.69, 9.17) is 5.11 Å². The summed E-state index contributed by atoms with van der Waals surface area (Å²) in [5.74, 6) is -0.975. The molecule has 17 heavy (non-hydrogen) atoms. The van der Waals surface area contributed by atoms with Crippen LogP contribution in [0.4, 0.5) is 0 Å². The summed E-state index contributed by atoms with van der Waals surface area (Å²) in [6, 6.07) is 0. The number of nitrogens with zero attached hydrogens (tertiary/aromatic N) is 2. The Labute approximate surface area is 99.3 Å². The van der Waals surface area contributed by atoms with Crippen LogP contribution in [0.3, 0.4) is 0 Å². The number of aromatic nitrogens is 2. The van der Waals surface area contributed by atoms with Crippen LogP contribution in [-0.2, 0) is 13.6 Å². The van der Waals surface area contributed by atoms with Gasteiger partial charge in [-0.15, -0.1) is 0 Å². The minimum atomic E-state index is -0.975. The Kier molecular flexibility index (Phi) is 3.17. The molecular formula is C11H17N3O3. The van der Waals surface area contributed by atoms with Gasteiger partial charge in [-0.25, -0.2) is 4.79 Å². The summed E-state index contributed by atoms with van der Waals surface area (Å²) in [7, 11) is 1.71. The molecule has 94 valence electrons. The third-order valence-corrected chi connectivity index (χ3v) is 3.32. The third kappa shape index (κ3) is 2.48. The van der Waals surface area contributed by atoms with Crippen LogP contribution < -0.4 is 5.32 Å². The van der Waals surface area contributed by atoms with E-state index in [-0.39, 0.29) is 5.56 Å². The first-order chi connectivity index (χ1) is 8.02. The lowest BCUT2D eigenvalue weighted by Gasteiger charge is -2.36. The Balaban J connectivity index is 1.94. The van der Waals surface area contributed by atoms with Gasteiger partial charge in [-0.1, -0.05) is 0 Å². The number of carboxylic acid groups (broad SMARTS) is 1. The zero-order valence-electron chi connectivity index (χ0n) is 9.81. The number of aryl methyl sites for hydroxylation is 1. The van der Waals surface area contributed by atoms with Crippen LogP contribution in [0, 0.1) is 0 Å². The van der Waals surface area contributed by atoms with Crippen molar-refractivity contribution in [2.75, 3.05) is 6.54 Å². The molecule has 1 heterocycles. The normalized spacial score (nSPS) is 17.8. The molecular weight excluding hydrogens is 222 g/mol. The lowest BCUT2D eigenvalue weighted by atomic mass is 9.80. The number of aromatic carboxylic acids is 1. The fourth-order valence-corrected chi connectivity index (χ4v) is 2.03. The minimum Gasteiger partial charge on any atom is -0.478 e. The molecule has 0 bridgehead atoms. The number of hydrogen-bond acceptors (Lipinski definition) is 4. The van der Waals surface area contributed by atoms with Gasteiger partial charge in [0.2, 0.25) is 0 Å². The summed E-state index contributed by atoms with van der Waals surface area (Å²) < 4.78 is 1.54. The van der Waals surface area contributed by atoms with Gasteiger partial charge in [-0.3, -0.25) is 4.68 Å². The molecule has 6 heteroatoms. The van der Waals surface area contributed by atoms with E-state index in [1.807, 2.05) is 0 Å². The van der Waals surface area contributed by atoms with Gasteiger partial charge in [0, 0.05) is 20.1 Å². The molecule has 0 spiro atoms. The molecule has 0 saturated heterocycles. The standard InChI is InChI=1S/C11H17N3O3/c1-14-9(8(5-13-14)10(15)16)6-12-7-11(17)3-2-4-11/h5,12,17H,2-4,6-7H2,1H3,(H,15,16). The quantitative estimate of drug-likeness (QED) is 0.679. The number of carboxylic acids is 1. The summed E-state index contributed by atoms with van der Waals surface area (Å²) in [5.41, 5.74) is 0.239. The van der Waals surface area contributed by atoms with Crippen molar-refractivity contribution in [3.63, 3.8) is 0 Å². The Morgan fingerprint density at radius 1 is 1.65 bits per heavy atom. The van der Waals surface area contributed by atoms with E-state index in [0.717, 1.165) is 19.3 Å². The molecule has 0 unspecified atom stereocenters. The molecule has 0 amide bonds. The first-order valence-corrected chi connectivity index (χ1v) is 5.69. The Bertz CT molecular complexity index is 424. The van der Waals surface area contributed by atoms with Crippen molar-refractivity contribution in [1.29, 1.82) is 0 Å². The van der Waals surface area contributed by atoms with E-state index in [1.165, 1.54) is 6.20 Å². The van der Waals surface area contributed by atoms with Gasteiger partial charge >= 0.3 is 5.97 Å². The van der Waals surface area contributed by atoms with Crippen molar-refractivity contribution in [2.45, 2.75) is 31.4 Å². The SMILES string of the molecule is Cn1ncc(C(=O)O)c1CNCC1(O)CCC1. The van der Waals surface area contributed by atoms with Gasteiger partial charge < -0.3 is 15.5 Å². The van der Waals surface area contributed by atoms with Gasteiger partial charge in [0.05, 0.1) is 17.5 Å². The van der Waals surface area contributed by atoms with E-state index in [1.54, 1.807) is 11.7 Å². The summed E-state index contributed by atoms with van der Waals surface area (Å²) >= 11 is 0. The fourth-order valence-electron chi connectivity index (χ4n) is 2.03. The Morgan fingerprint density at radius 3 is 2.88 bits per heavy atom. The highest BCUT2D eigenvalue weighted by molar-refractivity contribution is 5.88. The lowest BCUT2D eigenvalue weighted by Crippen LogP contribution is -2.46. The monoisotopic (exact) mass is 239 g/mol. The topological polar surface area (TPSA) is 87.4 Å². The predicted octanol–water partition coefficient (Wildman–Crippen LogP) is 0.123. The maximum absolute atomic E-state index is 10.9. The molecule has 1 aliphatic carbocycles. The Hall–Kier alpha value is -1.40. The largest absolute Gasteiger partial charge is 0.478 e. The second-order valence-corrected chi connectivity index (χ2v) is 4.62. The van der Waals surface area contributed by atoms with E-state index >= 15 is 0 Å². The van der Waals surface area contributed by atoms with Crippen LogP contribution in [0.5, 0.6) is 0 Å². The number of nitrogens with one attached hydrogen (secondary N) is 1. The third-order valence-electron chi connectivity index (χ3n) is 3.32. The highest BCUT2D eigenvalue weighted by Crippen LogP contribution is 2.30. The summed E-state index contributed by atoms with van der Waals surface area (Å²) in [6.07, 6.45) is 4.04. The first kappa shape index (κ1) is 12.1. The fraction of sp³-hybridized carbons (Fsp3) is 0.636. The van der Waals surface area contributed by atoms with Crippen LogP contribution in [0.1, 0.15) is 35.3 Å². The first-order valence-electron chi connectivity index (χ1n) is 5.69. The van der Waals surface area contributed by atoms with Crippen molar-refractivity contribution in [2.24, 2.45) is 7.05 Å². The zero-order chi connectivity index (χ0) is 12.5. The maximum Gasteiger partial charge on any atom is 0.339 e. The van der Waals surface area contributed by atoms with E-state index < -0.39 is 11.6 Å². The highest BCUT2D eigenvalue weighted by atomic mass is 16.4. The van der Waals surface area contributed by atoms with Crippen LogP contribution in [-0.4, -0.2) is 38.1 Å². The molecule has 1 aliphatic rings. The second-order valence-electron chi connectivity index (χ2n) is 4.62. The molecule has 0 atom stereocenters. The van der Waals surface area contributed by atoms with Gasteiger partial charge in [0.25, 0.3) is 0 Å². The van der Waals surface area contributed by atoms with Crippen LogP contribution in [0.15, 0.2) is 6.20 Å². The van der Waals surface area contributed by atoms with Gasteiger partial charge in [-0.05, 0) is 19.3 Å². The Morgan fingerprint density at radius 2 is 2.35 bits per heavy atom. The lowest BCUT2D eigenvalue weighted by molar-refractivity contribution is -0.0315. The van der Waals surface area contributed by atoms with Crippen molar-refractivity contribution >= 4 is 5.97 Å². The smallest absolute Gasteiger partial charge is 0.339 e.